The zero-order valence-electron chi connectivity index (χ0n) is 14.8. The lowest BCUT2D eigenvalue weighted by Crippen LogP contribution is -2.33. The van der Waals surface area contributed by atoms with Crippen molar-refractivity contribution >= 4 is 22.5 Å². The van der Waals surface area contributed by atoms with Crippen LogP contribution in [0.2, 0.25) is 0 Å². The first-order valence-electron chi connectivity index (χ1n) is 8.84. The van der Waals surface area contributed by atoms with E-state index >= 15 is 0 Å². The number of hydrogen-bond donors (Lipinski definition) is 2. The topological polar surface area (TPSA) is 92.2 Å². The van der Waals surface area contributed by atoms with Gasteiger partial charge in [0.15, 0.2) is 11.2 Å². The van der Waals surface area contributed by atoms with E-state index in [4.69, 9.17) is 0 Å². The first-order chi connectivity index (χ1) is 13.1. The minimum Gasteiger partial charge on any atom is -0.348 e. The molecule has 1 amide bonds. The molecular formula is C20H19N5O2. The van der Waals surface area contributed by atoms with Crippen molar-refractivity contribution < 1.29 is 4.79 Å². The van der Waals surface area contributed by atoms with Crippen LogP contribution < -0.4 is 10.9 Å². The number of nitrogens with zero attached hydrogens (tertiary/aromatic N) is 3. The number of nitrogens with one attached hydrogen (secondary N) is 2. The van der Waals surface area contributed by atoms with Gasteiger partial charge in [-0.05, 0) is 37.5 Å². The molecule has 7 heteroatoms. The second-order valence-electron chi connectivity index (χ2n) is 6.57. The number of rotatable bonds is 5. The van der Waals surface area contributed by atoms with Crippen molar-refractivity contribution in [2.75, 3.05) is 0 Å². The Labute approximate surface area is 155 Å². The number of hydrogen-bond acceptors (Lipinski definition) is 4. The summed E-state index contributed by atoms with van der Waals surface area (Å²) in [4.78, 5) is 27.9. The quantitative estimate of drug-likeness (QED) is 0.571. The summed E-state index contributed by atoms with van der Waals surface area (Å²) in [6.07, 6.45) is 1.64. The molecule has 4 rings (SSSR count). The van der Waals surface area contributed by atoms with Gasteiger partial charge in [-0.2, -0.15) is 0 Å². The summed E-state index contributed by atoms with van der Waals surface area (Å²) in [6, 6.07) is 17.3. The lowest BCUT2D eigenvalue weighted by atomic mass is 10.1. The molecule has 2 aromatic carbocycles. The summed E-state index contributed by atoms with van der Waals surface area (Å²) in [7, 11) is 0. The maximum Gasteiger partial charge on any atom is 0.277 e. The minimum atomic E-state index is -0.397. The normalized spacial score (nSPS) is 12.3. The number of benzene rings is 2. The van der Waals surface area contributed by atoms with Crippen molar-refractivity contribution in [2.24, 2.45) is 0 Å². The van der Waals surface area contributed by atoms with Crippen LogP contribution in [0.15, 0.2) is 59.4 Å². The summed E-state index contributed by atoms with van der Waals surface area (Å²) in [5.74, 6) is -0.397. The summed E-state index contributed by atoms with van der Waals surface area (Å²) in [6.45, 7) is 1.94. The zero-order chi connectivity index (χ0) is 18.8. The summed E-state index contributed by atoms with van der Waals surface area (Å²) in [5.41, 5.74) is 2.35. The Morgan fingerprint density at radius 1 is 1.15 bits per heavy atom. The fourth-order valence-electron chi connectivity index (χ4n) is 3.14. The smallest absolute Gasteiger partial charge is 0.277 e. The van der Waals surface area contributed by atoms with Crippen molar-refractivity contribution in [3.8, 4) is 0 Å². The fourth-order valence-corrected chi connectivity index (χ4v) is 3.14. The van der Waals surface area contributed by atoms with E-state index in [1.165, 1.54) is 10.1 Å². The Hall–Kier alpha value is -3.48. The van der Waals surface area contributed by atoms with Crippen molar-refractivity contribution in [3.05, 3.63) is 76.2 Å². The van der Waals surface area contributed by atoms with Gasteiger partial charge in [0.25, 0.3) is 11.5 Å². The molecule has 2 heterocycles. The van der Waals surface area contributed by atoms with Crippen LogP contribution >= 0.6 is 0 Å². The van der Waals surface area contributed by atoms with Gasteiger partial charge in [0.05, 0.1) is 11.0 Å². The number of fused-ring (bicyclic) bond motifs is 3. The third kappa shape index (κ3) is 3.31. The fraction of sp³-hybridized carbons (Fsp3) is 0.200. The van der Waals surface area contributed by atoms with E-state index in [2.05, 4.69) is 32.7 Å². The SMILES string of the molecule is C[C@@H](CCc1ccccc1)NC(=O)c1nnn2c1c(=O)[nH]c1ccccc12. The van der Waals surface area contributed by atoms with Gasteiger partial charge in [-0.3, -0.25) is 9.59 Å². The van der Waals surface area contributed by atoms with E-state index in [0.29, 0.717) is 11.0 Å². The highest BCUT2D eigenvalue weighted by atomic mass is 16.2. The molecule has 136 valence electrons. The average molecular weight is 361 g/mol. The molecule has 0 aliphatic heterocycles. The van der Waals surface area contributed by atoms with Crippen molar-refractivity contribution in [3.63, 3.8) is 0 Å². The number of carbonyl (C=O) groups excluding carboxylic acids is 1. The molecular weight excluding hydrogens is 342 g/mol. The largest absolute Gasteiger partial charge is 0.348 e. The van der Waals surface area contributed by atoms with Crippen molar-refractivity contribution in [1.82, 2.24) is 25.1 Å². The second kappa shape index (κ2) is 7.03. The van der Waals surface area contributed by atoms with Gasteiger partial charge in [0.2, 0.25) is 0 Å². The molecule has 0 fully saturated rings. The number of H-pyrrole nitrogens is 1. The number of carbonyl (C=O) groups is 1. The number of amides is 1. The second-order valence-corrected chi connectivity index (χ2v) is 6.57. The van der Waals surface area contributed by atoms with Crippen LogP contribution in [0.5, 0.6) is 0 Å². The Morgan fingerprint density at radius 2 is 1.89 bits per heavy atom. The predicted octanol–water partition coefficient (Wildman–Crippen LogP) is 2.32. The molecule has 2 N–H and O–H groups in total. The van der Waals surface area contributed by atoms with E-state index < -0.39 is 5.91 Å². The van der Waals surface area contributed by atoms with Crippen LogP contribution in [-0.2, 0) is 6.42 Å². The number of aromatic amines is 1. The molecule has 0 saturated carbocycles. The molecule has 0 radical (unpaired) electrons. The Morgan fingerprint density at radius 3 is 2.70 bits per heavy atom. The van der Waals surface area contributed by atoms with E-state index in [-0.39, 0.29) is 22.8 Å². The number of aromatic nitrogens is 4. The summed E-state index contributed by atoms with van der Waals surface area (Å²) < 4.78 is 1.41. The molecule has 2 aromatic heterocycles. The lowest BCUT2D eigenvalue weighted by Gasteiger charge is -2.12. The molecule has 0 unspecified atom stereocenters. The van der Waals surface area contributed by atoms with Crippen LogP contribution in [0.1, 0.15) is 29.4 Å². The molecule has 7 nitrogen and oxygen atoms in total. The standard InChI is InChI=1S/C20H19N5O2/c1-13(11-12-14-7-3-2-4-8-14)21-19(26)17-18-20(27)22-15-9-5-6-10-16(15)25(18)24-23-17/h2-10,13H,11-12H2,1H3,(H,21,26)(H,22,27)/t13-/m0/s1. The highest BCUT2D eigenvalue weighted by Crippen LogP contribution is 2.13. The van der Waals surface area contributed by atoms with E-state index in [9.17, 15) is 9.59 Å². The van der Waals surface area contributed by atoms with Gasteiger partial charge in [0.1, 0.15) is 0 Å². The monoisotopic (exact) mass is 361 g/mol. The van der Waals surface area contributed by atoms with Crippen molar-refractivity contribution in [2.45, 2.75) is 25.8 Å². The molecule has 0 aliphatic carbocycles. The third-order valence-electron chi connectivity index (χ3n) is 4.57. The maximum atomic E-state index is 12.7. The van der Waals surface area contributed by atoms with E-state index in [1.54, 1.807) is 6.07 Å². The molecule has 0 bridgehead atoms. The van der Waals surface area contributed by atoms with Gasteiger partial charge >= 0.3 is 0 Å². The van der Waals surface area contributed by atoms with Gasteiger partial charge in [0, 0.05) is 6.04 Å². The summed E-state index contributed by atoms with van der Waals surface area (Å²) in [5, 5.41) is 10.9. The molecule has 27 heavy (non-hydrogen) atoms. The first kappa shape index (κ1) is 17.0. The average Bonchev–Trinajstić information content (AvgIpc) is 3.14. The Balaban J connectivity index is 1.56. The minimum absolute atomic E-state index is 0.0357. The van der Waals surface area contributed by atoms with E-state index in [0.717, 1.165) is 12.8 Å². The highest BCUT2D eigenvalue weighted by molar-refractivity contribution is 5.99. The zero-order valence-corrected chi connectivity index (χ0v) is 14.8. The highest BCUT2D eigenvalue weighted by Gasteiger charge is 2.20. The van der Waals surface area contributed by atoms with Crippen LogP contribution in [0, 0.1) is 0 Å². The predicted molar refractivity (Wildman–Crippen MR) is 103 cm³/mol. The molecule has 0 saturated heterocycles. The Bertz CT molecular complexity index is 1160. The third-order valence-corrected chi connectivity index (χ3v) is 4.57. The molecule has 1 atom stereocenters. The van der Waals surface area contributed by atoms with Crippen LogP contribution in [0.4, 0.5) is 0 Å². The van der Waals surface area contributed by atoms with Gasteiger partial charge in [-0.15, -0.1) is 5.10 Å². The van der Waals surface area contributed by atoms with E-state index in [1.807, 2.05) is 43.3 Å². The Kier molecular flexibility index (Phi) is 4.42. The maximum absolute atomic E-state index is 12.7. The van der Waals surface area contributed by atoms with Crippen LogP contribution in [-0.4, -0.2) is 31.8 Å². The summed E-state index contributed by atoms with van der Waals surface area (Å²) >= 11 is 0. The molecule has 0 spiro atoms. The molecule has 0 aliphatic rings. The molecule has 4 aromatic rings. The van der Waals surface area contributed by atoms with Crippen molar-refractivity contribution in [1.29, 1.82) is 0 Å². The first-order valence-corrected chi connectivity index (χ1v) is 8.84. The number of para-hydroxylation sites is 2. The lowest BCUT2D eigenvalue weighted by molar-refractivity contribution is 0.0935. The van der Waals surface area contributed by atoms with Gasteiger partial charge < -0.3 is 10.3 Å². The van der Waals surface area contributed by atoms with Crippen LogP contribution in [0.3, 0.4) is 0 Å². The van der Waals surface area contributed by atoms with Gasteiger partial charge in [-0.25, -0.2) is 4.52 Å². The van der Waals surface area contributed by atoms with Gasteiger partial charge in [-0.1, -0.05) is 47.7 Å². The van der Waals surface area contributed by atoms with Crippen LogP contribution in [0.25, 0.3) is 16.6 Å². The number of aryl methyl sites for hydroxylation is 1.